The average Bonchev–Trinajstić information content (AvgIpc) is 2.78. The minimum atomic E-state index is -2.23. The first kappa shape index (κ1) is 28.5. The first-order valence-corrected chi connectivity index (χ1v) is 13.3. The average molecular weight is 520 g/mol. The minimum Gasteiger partial charge on any atom is -0.385 e. The zero-order valence-corrected chi connectivity index (χ0v) is 20.3. The number of amidine groups is 2. The number of hydrogen-bond acceptors (Lipinski definition) is 11. The topological polar surface area (TPSA) is 230 Å². The second-order valence-corrected chi connectivity index (χ2v) is 9.81. The molecule has 0 saturated carbocycles. The summed E-state index contributed by atoms with van der Waals surface area (Å²) in [5, 5.41) is 14.7. The molecular formula is C16H26N9O5PS2. The van der Waals surface area contributed by atoms with E-state index in [1.807, 2.05) is 0 Å². The molecule has 0 aromatic carbocycles. The van der Waals surface area contributed by atoms with Crippen LogP contribution in [0, 0.1) is 0 Å². The van der Waals surface area contributed by atoms with Gasteiger partial charge in [0.05, 0.1) is 30.8 Å². The molecule has 0 aliphatic carbocycles. The molecule has 9 N–H and O–H groups in total. The molecule has 0 fully saturated rings. The van der Waals surface area contributed by atoms with Crippen molar-refractivity contribution >= 4 is 65.0 Å². The molecule has 0 bridgehead atoms. The Hall–Kier alpha value is -2.52. The molecule has 1 heterocycles. The number of nitrogens with one attached hydrogen (secondary N) is 3. The standard InChI is InChI=1S/C16H26N9O5PS2/c1-19-12(26)2-4-32-33-5-3-13(27)20-8-14(28)23-10-6-21-16(22-7-10)15(18)25-24-11(17)9-31(29)30/h6-7,29-30H,2-5,8-9H2,1H3,(H2,17,24)(H2,18,25)(H,19,26)(H,20,27)(H,23,28). The van der Waals surface area contributed by atoms with E-state index in [9.17, 15) is 14.4 Å². The van der Waals surface area contributed by atoms with Crippen LogP contribution in [0.5, 0.6) is 0 Å². The summed E-state index contributed by atoms with van der Waals surface area (Å²) in [6.07, 6.45) is 3.03. The van der Waals surface area contributed by atoms with Gasteiger partial charge < -0.3 is 37.2 Å². The Bertz CT molecular complexity index is 855. The van der Waals surface area contributed by atoms with Gasteiger partial charge in [-0.3, -0.25) is 14.4 Å². The summed E-state index contributed by atoms with van der Waals surface area (Å²) in [6, 6.07) is 0. The molecule has 0 spiro atoms. The van der Waals surface area contributed by atoms with Crippen LogP contribution < -0.4 is 27.4 Å². The lowest BCUT2D eigenvalue weighted by molar-refractivity contribution is -0.123. The zero-order chi connectivity index (χ0) is 24.6. The van der Waals surface area contributed by atoms with Gasteiger partial charge in [0.25, 0.3) is 0 Å². The predicted octanol–water partition coefficient (Wildman–Crippen LogP) is -1.29. The lowest BCUT2D eigenvalue weighted by atomic mass is 10.4. The van der Waals surface area contributed by atoms with Gasteiger partial charge in [0.1, 0.15) is 5.84 Å². The summed E-state index contributed by atoms with van der Waals surface area (Å²) in [7, 11) is 2.34. The van der Waals surface area contributed by atoms with Gasteiger partial charge in [-0.15, -0.1) is 10.2 Å². The summed E-state index contributed by atoms with van der Waals surface area (Å²) in [5.41, 5.74) is 11.4. The Morgan fingerprint density at radius 3 is 2.21 bits per heavy atom. The number of rotatable bonds is 14. The fourth-order valence-corrected chi connectivity index (χ4v) is 4.18. The van der Waals surface area contributed by atoms with Gasteiger partial charge in [-0.05, 0) is 0 Å². The Balaban J connectivity index is 2.34. The number of carbonyl (C=O) groups excluding carboxylic acids is 3. The minimum absolute atomic E-state index is 0.0267. The third-order valence-electron chi connectivity index (χ3n) is 3.39. The van der Waals surface area contributed by atoms with E-state index in [2.05, 4.69) is 36.1 Å². The molecule has 182 valence electrons. The van der Waals surface area contributed by atoms with Crippen LogP contribution in [0.2, 0.25) is 0 Å². The van der Waals surface area contributed by atoms with Gasteiger partial charge in [-0.2, -0.15) is 0 Å². The largest absolute Gasteiger partial charge is 0.385 e. The molecule has 1 aromatic heterocycles. The number of nitrogens with two attached hydrogens (primary N) is 2. The first-order chi connectivity index (χ1) is 15.7. The van der Waals surface area contributed by atoms with E-state index in [0.29, 0.717) is 17.9 Å². The van der Waals surface area contributed by atoms with Crippen LogP contribution in [-0.2, 0) is 14.4 Å². The van der Waals surface area contributed by atoms with Crippen molar-refractivity contribution in [3.05, 3.63) is 18.2 Å². The summed E-state index contributed by atoms with van der Waals surface area (Å²) >= 11 is 0. The van der Waals surface area contributed by atoms with E-state index in [1.165, 1.54) is 34.0 Å². The predicted molar refractivity (Wildman–Crippen MR) is 130 cm³/mol. The van der Waals surface area contributed by atoms with Crippen molar-refractivity contribution in [2.24, 2.45) is 21.7 Å². The van der Waals surface area contributed by atoms with Crippen molar-refractivity contribution in [1.82, 2.24) is 20.6 Å². The molecule has 0 atom stereocenters. The van der Waals surface area contributed by atoms with Crippen molar-refractivity contribution in [3.63, 3.8) is 0 Å². The van der Waals surface area contributed by atoms with Gasteiger partial charge in [0.2, 0.25) is 17.7 Å². The smallest absolute Gasteiger partial charge is 0.243 e. The van der Waals surface area contributed by atoms with Crippen molar-refractivity contribution in [3.8, 4) is 0 Å². The second-order valence-electron chi connectivity index (χ2n) is 6.04. The normalized spacial score (nSPS) is 11.9. The number of carbonyl (C=O) groups is 3. The van der Waals surface area contributed by atoms with E-state index < -0.39 is 14.3 Å². The molecule has 33 heavy (non-hydrogen) atoms. The van der Waals surface area contributed by atoms with Gasteiger partial charge in [0.15, 0.2) is 20.0 Å². The van der Waals surface area contributed by atoms with Gasteiger partial charge in [0, 0.05) is 31.4 Å². The molecular weight excluding hydrogens is 493 g/mol. The van der Waals surface area contributed by atoms with Crippen molar-refractivity contribution in [2.45, 2.75) is 12.8 Å². The molecule has 0 saturated heterocycles. The lowest BCUT2D eigenvalue weighted by Crippen LogP contribution is -2.33. The third kappa shape index (κ3) is 13.6. The van der Waals surface area contributed by atoms with Crippen LogP contribution in [0.4, 0.5) is 5.69 Å². The van der Waals surface area contributed by atoms with Crippen LogP contribution in [0.25, 0.3) is 0 Å². The van der Waals surface area contributed by atoms with Gasteiger partial charge in [-0.25, -0.2) is 9.97 Å². The second kappa shape index (κ2) is 16.1. The number of hydrogen-bond donors (Lipinski definition) is 7. The first-order valence-electron chi connectivity index (χ1n) is 9.36. The molecule has 0 aliphatic heterocycles. The van der Waals surface area contributed by atoms with E-state index in [4.69, 9.17) is 21.3 Å². The van der Waals surface area contributed by atoms with Crippen LogP contribution in [0.3, 0.4) is 0 Å². The molecule has 3 amide bonds. The SMILES string of the molecule is CNC(=O)CCSSCCC(=O)NCC(=O)Nc1cnc(/C(N)=N/N=C(\N)CP(O)O)nc1. The maximum Gasteiger partial charge on any atom is 0.243 e. The summed E-state index contributed by atoms with van der Waals surface area (Å²) in [5.74, 6) is 0.208. The summed E-state index contributed by atoms with van der Waals surface area (Å²) in [6.45, 7) is -0.217. The quantitative estimate of drug-likeness (QED) is 0.0382. The fraction of sp³-hybridized carbons (Fsp3) is 0.438. The van der Waals surface area contributed by atoms with Crippen molar-refractivity contribution in [2.75, 3.05) is 36.6 Å². The highest BCUT2D eigenvalue weighted by Crippen LogP contribution is 2.22. The Kier molecular flexibility index (Phi) is 14.0. The van der Waals surface area contributed by atoms with E-state index in [0.717, 1.165) is 0 Å². The van der Waals surface area contributed by atoms with E-state index in [-0.39, 0.29) is 54.1 Å². The fourth-order valence-electron chi connectivity index (χ4n) is 1.85. The maximum absolute atomic E-state index is 12.0. The van der Waals surface area contributed by atoms with Crippen LogP contribution in [0.1, 0.15) is 18.7 Å². The Labute approximate surface area is 199 Å². The molecule has 0 unspecified atom stereocenters. The summed E-state index contributed by atoms with van der Waals surface area (Å²) < 4.78 is 0. The van der Waals surface area contributed by atoms with E-state index in [1.54, 1.807) is 7.05 Å². The van der Waals surface area contributed by atoms with Gasteiger partial charge >= 0.3 is 0 Å². The van der Waals surface area contributed by atoms with Crippen molar-refractivity contribution < 1.29 is 24.2 Å². The molecule has 1 aromatic rings. The van der Waals surface area contributed by atoms with Crippen LogP contribution >= 0.6 is 30.0 Å². The van der Waals surface area contributed by atoms with Crippen molar-refractivity contribution in [1.29, 1.82) is 0 Å². The Morgan fingerprint density at radius 1 is 1.03 bits per heavy atom. The van der Waals surface area contributed by atoms with Gasteiger partial charge in [-0.1, -0.05) is 21.6 Å². The number of nitrogens with zero attached hydrogens (tertiary/aromatic N) is 4. The molecule has 0 aliphatic rings. The highest BCUT2D eigenvalue weighted by Gasteiger charge is 2.09. The van der Waals surface area contributed by atoms with Crippen LogP contribution in [-0.4, -0.2) is 80.4 Å². The van der Waals surface area contributed by atoms with Crippen LogP contribution in [0.15, 0.2) is 22.6 Å². The zero-order valence-electron chi connectivity index (χ0n) is 17.7. The Morgan fingerprint density at radius 2 is 1.64 bits per heavy atom. The molecule has 14 nitrogen and oxygen atoms in total. The molecule has 0 radical (unpaired) electrons. The monoisotopic (exact) mass is 519 g/mol. The highest BCUT2D eigenvalue weighted by atomic mass is 33.1. The highest BCUT2D eigenvalue weighted by molar-refractivity contribution is 8.76. The molecule has 17 heteroatoms. The molecule has 1 rings (SSSR count). The number of aromatic nitrogens is 2. The lowest BCUT2D eigenvalue weighted by Gasteiger charge is -2.07. The number of anilines is 1. The number of amides is 3. The third-order valence-corrected chi connectivity index (χ3v) is 6.40. The maximum atomic E-state index is 12.0. The summed E-state index contributed by atoms with van der Waals surface area (Å²) in [4.78, 5) is 60.4. The van der Waals surface area contributed by atoms with E-state index >= 15 is 0 Å².